The van der Waals surface area contributed by atoms with E-state index in [9.17, 15) is 9.90 Å². The average molecular weight is 336 g/mol. The molecule has 0 spiro atoms. The van der Waals surface area contributed by atoms with Gasteiger partial charge in [0.15, 0.2) is 0 Å². The molecule has 1 amide bonds. The first-order valence-electron chi connectivity index (χ1n) is 8.41. The summed E-state index contributed by atoms with van der Waals surface area (Å²) in [5, 5.41) is 15.8. The molecule has 0 saturated heterocycles. The number of nitrogens with one attached hydrogen (secondary N) is 2. The number of rotatable bonds is 6. The van der Waals surface area contributed by atoms with Gasteiger partial charge in [0.2, 0.25) is 6.41 Å². The van der Waals surface area contributed by atoms with Crippen LogP contribution in [0.1, 0.15) is 45.6 Å². The van der Waals surface area contributed by atoms with Crippen molar-refractivity contribution < 1.29 is 19.4 Å². The minimum absolute atomic E-state index is 0.0487. The largest absolute Gasteiger partial charge is 0.445 e. The van der Waals surface area contributed by atoms with Gasteiger partial charge in [-0.3, -0.25) is 5.32 Å². The molecule has 1 aromatic carbocycles. The molecule has 0 aromatic heterocycles. The van der Waals surface area contributed by atoms with E-state index < -0.39 is 18.1 Å². The van der Waals surface area contributed by atoms with Gasteiger partial charge in [0.1, 0.15) is 6.61 Å². The quantitative estimate of drug-likeness (QED) is 0.696. The van der Waals surface area contributed by atoms with Gasteiger partial charge in [-0.05, 0) is 45.6 Å². The van der Waals surface area contributed by atoms with Crippen LogP contribution >= 0.6 is 0 Å². The summed E-state index contributed by atoms with van der Waals surface area (Å²) in [5.74, 6) is 0. The summed E-state index contributed by atoms with van der Waals surface area (Å²) in [7, 11) is 0. The number of amides is 1. The Morgan fingerprint density at radius 1 is 1.25 bits per heavy atom. The Morgan fingerprint density at radius 3 is 2.58 bits per heavy atom. The van der Waals surface area contributed by atoms with Crippen LogP contribution < -0.4 is 10.6 Å². The molecule has 1 unspecified atom stereocenters. The van der Waals surface area contributed by atoms with E-state index in [2.05, 4.69) is 10.6 Å². The third kappa shape index (κ3) is 6.86. The molecule has 6 heteroatoms. The normalized spacial score (nSPS) is 22.2. The maximum absolute atomic E-state index is 11.9. The summed E-state index contributed by atoms with van der Waals surface area (Å²) >= 11 is 0. The van der Waals surface area contributed by atoms with Gasteiger partial charge in [0.25, 0.3) is 0 Å². The Kier molecular flexibility index (Phi) is 6.60. The summed E-state index contributed by atoms with van der Waals surface area (Å²) in [4.78, 5) is 11.9. The number of alkyl carbamates (subject to hydrolysis) is 1. The van der Waals surface area contributed by atoms with Crippen molar-refractivity contribution >= 4 is 6.09 Å². The minimum Gasteiger partial charge on any atom is -0.445 e. The highest BCUT2D eigenvalue weighted by Gasteiger charge is 2.28. The molecule has 0 radical (unpaired) electrons. The molecular weight excluding hydrogens is 308 g/mol. The molecule has 1 fully saturated rings. The Morgan fingerprint density at radius 2 is 1.92 bits per heavy atom. The van der Waals surface area contributed by atoms with E-state index >= 15 is 0 Å². The number of hydrogen-bond donors (Lipinski definition) is 3. The Bertz CT molecular complexity index is 516. The van der Waals surface area contributed by atoms with E-state index in [0.717, 1.165) is 24.8 Å². The maximum Gasteiger partial charge on any atom is 0.407 e. The molecule has 134 valence electrons. The average Bonchev–Trinajstić information content (AvgIpc) is 2.91. The van der Waals surface area contributed by atoms with Crippen molar-refractivity contribution in [1.29, 1.82) is 0 Å². The first-order chi connectivity index (χ1) is 11.3. The molecular formula is C18H28N2O4. The highest BCUT2D eigenvalue weighted by atomic mass is 16.6. The lowest BCUT2D eigenvalue weighted by molar-refractivity contribution is -0.185. The molecule has 0 heterocycles. The van der Waals surface area contributed by atoms with Crippen LogP contribution in [-0.2, 0) is 16.1 Å². The first kappa shape index (κ1) is 18.7. The zero-order chi connectivity index (χ0) is 17.6. The second-order valence-electron chi connectivity index (χ2n) is 7.16. The zero-order valence-corrected chi connectivity index (χ0v) is 14.6. The molecule has 6 nitrogen and oxygen atoms in total. The van der Waals surface area contributed by atoms with E-state index in [4.69, 9.17) is 9.47 Å². The lowest BCUT2D eigenvalue weighted by Gasteiger charge is -2.26. The van der Waals surface area contributed by atoms with Crippen LogP contribution in [0.5, 0.6) is 0 Å². The standard InChI is InChI=1S/C18H28N2O4/c1-18(2,3)24-17(22)20-15-10-9-14(11-15)19-16(21)23-12-13-7-5-4-6-8-13/h4-8,14-15,17,20,22H,9-12H2,1-3H3,(H,19,21)/t14-,15+,17?/m0/s1. The van der Waals surface area contributed by atoms with E-state index in [0.29, 0.717) is 0 Å². The van der Waals surface area contributed by atoms with Gasteiger partial charge in [0, 0.05) is 12.1 Å². The molecule has 0 aliphatic heterocycles. The third-order valence-electron chi connectivity index (χ3n) is 3.81. The number of benzene rings is 1. The van der Waals surface area contributed by atoms with Crippen LogP contribution in [0, 0.1) is 0 Å². The first-order valence-corrected chi connectivity index (χ1v) is 8.41. The summed E-state index contributed by atoms with van der Waals surface area (Å²) in [5.41, 5.74) is 0.547. The Hall–Kier alpha value is -1.63. The van der Waals surface area contributed by atoms with Crippen LogP contribution in [0.25, 0.3) is 0 Å². The van der Waals surface area contributed by atoms with Crippen molar-refractivity contribution in [2.24, 2.45) is 0 Å². The summed E-state index contributed by atoms with van der Waals surface area (Å²) < 4.78 is 10.7. The fraction of sp³-hybridized carbons (Fsp3) is 0.611. The Labute approximate surface area is 143 Å². The molecule has 1 aromatic rings. The van der Waals surface area contributed by atoms with Crippen LogP contribution in [0.3, 0.4) is 0 Å². The predicted octanol–water partition coefficient (Wildman–Crippen LogP) is 2.51. The van der Waals surface area contributed by atoms with Gasteiger partial charge in [-0.2, -0.15) is 0 Å². The van der Waals surface area contributed by atoms with Gasteiger partial charge in [0.05, 0.1) is 5.60 Å². The second-order valence-corrected chi connectivity index (χ2v) is 7.16. The molecule has 1 saturated carbocycles. The lowest BCUT2D eigenvalue weighted by Crippen LogP contribution is -2.43. The number of aliphatic hydroxyl groups is 1. The summed E-state index contributed by atoms with van der Waals surface area (Å²) in [6.45, 7) is 5.93. The van der Waals surface area contributed by atoms with E-state index in [1.807, 2.05) is 51.1 Å². The van der Waals surface area contributed by atoms with Crippen molar-refractivity contribution in [1.82, 2.24) is 10.6 Å². The topological polar surface area (TPSA) is 79.8 Å². The number of carbonyl (C=O) groups excluding carboxylic acids is 1. The molecule has 1 aliphatic carbocycles. The number of carbonyl (C=O) groups is 1. The van der Waals surface area contributed by atoms with E-state index in [-0.39, 0.29) is 18.7 Å². The van der Waals surface area contributed by atoms with E-state index in [1.165, 1.54) is 0 Å². The van der Waals surface area contributed by atoms with Crippen LogP contribution in [-0.4, -0.2) is 35.3 Å². The van der Waals surface area contributed by atoms with Crippen molar-refractivity contribution in [3.05, 3.63) is 35.9 Å². The van der Waals surface area contributed by atoms with Crippen molar-refractivity contribution in [3.63, 3.8) is 0 Å². The highest BCUT2D eigenvalue weighted by molar-refractivity contribution is 5.67. The third-order valence-corrected chi connectivity index (χ3v) is 3.81. The minimum atomic E-state index is -1.00. The smallest absolute Gasteiger partial charge is 0.407 e. The zero-order valence-electron chi connectivity index (χ0n) is 14.6. The molecule has 24 heavy (non-hydrogen) atoms. The second kappa shape index (κ2) is 8.46. The van der Waals surface area contributed by atoms with Crippen LogP contribution in [0.4, 0.5) is 4.79 Å². The molecule has 1 aliphatic rings. The number of ether oxygens (including phenoxy) is 2. The summed E-state index contributed by atoms with van der Waals surface area (Å²) in [6, 6.07) is 9.74. The van der Waals surface area contributed by atoms with Gasteiger partial charge in [-0.25, -0.2) is 4.79 Å². The highest BCUT2D eigenvalue weighted by Crippen LogP contribution is 2.20. The molecule has 3 N–H and O–H groups in total. The number of aliphatic hydroxyl groups excluding tert-OH is 1. The maximum atomic E-state index is 11.9. The molecule has 2 rings (SSSR count). The predicted molar refractivity (Wildman–Crippen MR) is 91.2 cm³/mol. The van der Waals surface area contributed by atoms with Gasteiger partial charge < -0.3 is 19.9 Å². The lowest BCUT2D eigenvalue weighted by atomic mass is 10.2. The fourth-order valence-electron chi connectivity index (χ4n) is 2.77. The monoisotopic (exact) mass is 336 g/mol. The van der Waals surface area contributed by atoms with Crippen LogP contribution in [0.15, 0.2) is 30.3 Å². The van der Waals surface area contributed by atoms with Crippen molar-refractivity contribution in [2.45, 2.75) is 70.7 Å². The van der Waals surface area contributed by atoms with Crippen molar-refractivity contribution in [3.8, 4) is 0 Å². The van der Waals surface area contributed by atoms with E-state index in [1.54, 1.807) is 0 Å². The molecule has 0 bridgehead atoms. The van der Waals surface area contributed by atoms with Gasteiger partial charge >= 0.3 is 6.09 Å². The van der Waals surface area contributed by atoms with Crippen LogP contribution in [0.2, 0.25) is 0 Å². The fourth-order valence-corrected chi connectivity index (χ4v) is 2.77. The Balaban J connectivity index is 1.67. The summed E-state index contributed by atoms with van der Waals surface area (Å²) in [6.07, 6.45) is 1.05. The van der Waals surface area contributed by atoms with Gasteiger partial charge in [-0.1, -0.05) is 30.3 Å². The molecule has 3 atom stereocenters. The van der Waals surface area contributed by atoms with Crippen molar-refractivity contribution in [2.75, 3.05) is 0 Å². The van der Waals surface area contributed by atoms with Gasteiger partial charge in [-0.15, -0.1) is 0 Å². The SMILES string of the molecule is CC(C)(C)OC(O)N[C@@H]1CC[C@H](NC(=O)OCc2ccccc2)C1. The number of hydrogen-bond acceptors (Lipinski definition) is 5.